The molecule has 7 heteroatoms. The zero-order valence-corrected chi connectivity index (χ0v) is 18.2. The van der Waals surface area contributed by atoms with Gasteiger partial charge in [-0.05, 0) is 70.6 Å². The number of benzene rings is 2. The molecular weight excluding hydrogens is 491 g/mol. The van der Waals surface area contributed by atoms with Gasteiger partial charge < -0.3 is 15.4 Å². The average molecular weight is 510 g/mol. The second-order valence-electron chi connectivity index (χ2n) is 6.54. The van der Waals surface area contributed by atoms with Crippen molar-refractivity contribution in [3.8, 4) is 11.5 Å². The summed E-state index contributed by atoms with van der Waals surface area (Å²) in [6.07, 6.45) is 4.96. The number of carbonyl (C=O) groups excluding carboxylic acids is 1. The third kappa shape index (κ3) is 5.44. The normalized spacial score (nSPS) is 13.0. The fourth-order valence-electron chi connectivity index (χ4n) is 2.91. The Balaban J connectivity index is 1.42. The number of ether oxygens (including phenoxy) is 1. The molecule has 2 aromatic carbocycles. The molecule has 0 saturated carbocycles. The predicted octanol–water partition coefficient (Wildman–Crippen LogP) is 4.48. The van der Waals surface area contributed by atoms with E-state index in [1.807, 2.05) is 54.6 Å². The highest BCUT2D eigenvalue weighted by Crippen LogP contribution is 2.23. The van der Waals surface area contributed by atoms with Gasteiger partial charge >= 0.3 is 0 Å². The molecule has 0 atom stereocenters. The Kier molecular flexibility index (Phi) is 6.38. The number of nitrogens with one attached hydrogen (secondary N) is 2. The number of hydrogen-bond donors (Lipinski definition) is 2. The van der Waals surface area contributed by atoms with Crippen LogP contribution in [0.5, 0.6) is 11.5 Å². The molecule has 30 heavy (non-hydrogen) atoms. The summed E-state index contributed by atoms with van der Waals surface area (Å²) in [5, 5.41) is 6.06. The Morgan fingerprint density at radius 3 is 2.80 bits per heavy atom. The third-order valence-corrected chi connectivity index (χ3v) is 4.93. The molecule has 0 aliphatic carbocycles. The van der Waals surface area contributed by atoms with Crippen molar-refractivity contribution in [2.75, 3.05) is 18.4 Å². The second-order valence-corrected chi connectivity index (χ2v) is 7.79. The number of carbonyl (C=O) groups is 1. The van der Waals surface area contributed by atoms with Gasteiger partial charge in [-0.25, -0.2) is 0 Å². The lowest BCUT2D eigenvalue weighted by Crippen LogP contribution is -2.20. The predicted molar refractivity (Wildman–Crippen MR) is 127 cm³/mol. The van der Waals surface area contributed by atoms with Crippen LogP contribution in [0.1, 0.15) is 11.3 Å². The van der Waals surface area contributed by atoms with E-state index in [0.29, 0.717) is 11.5 Å². The van der Waals surface area contributed by atoms with Crippen LogP contribution in [-0.2, 0) is 4.79 Å². The van der Waals surface area contributed by atoms with Gasteiger partial charge in [0.2, 0.25) is 5.91 Å². The molecule has 2 heterocycles. The largest absolute Gasteiger partial charge is 0.457 e. The van der Waals surface area contributed by atoms with Crippen LogP contribution in [0, 0.1) is 3.57 Å². The van der Waals surface area contributed by atoms with Crippen LogP contribution in [0.2, 0.25) is 0 Å². The summed E-state index contributed by atoms with van der Waals surface area (Å²) in [5.41, 5.74) is 2.39. The number of nitrogens with zero attached hydrogens (tertiary/aromatic N) is 2. The average Bonchev–Trinajstić information content (AvgIpc) is 3.28. The Labute approximate surface area is 188 Å². The highest BCUT2D eigenvalue weighted by Gasteiger charge is 2.10. The quantitative estimate of drug-likeness (QED) is 0.379. The molecule has 3 aromatic rings. The summed E-state index contributed by atoms with van der Waals surface area (Å²) < 4.78 is 7.04. The lowest BCUT2D eigenvalue weighted by atomic mass is 10.2. The van der Waals surface area contributed by atoms with Crippen molar-refractivity contribution < 1.29 is 9.53 Å². The molecular formula is C23H19IN4O2. The molecule has 1 aliphatic heterocycles. The zero-order chi connectivity index (χ0) is 20.8. The fourth-order valence-corrected chi connectivity index (χ4v) is 3.46. The van der Waals surface area contributed by atoms with Crippen LogP contribution in [0.15, 0.2) is 77.9 Å². The molecule has 0 fully saturated rings. The van der Waals surface area contributed by atoms with E-state index >= 15 is 0 Å². The second kappa shape index (κ2) is 9.53. The minimum atomic E-state index is -0.188. The molecule has 2 N–H and O–H groups in total. The van der Waals surface area contributed by atoms with Crippen LogP contribution in [0.4, 0.5) is 5.69 Å². The highest BCUT2D eigenvalue weighted by atomic mass is 127. The van der Waals surface area contributed by atoms with E-state index in [1.165, 1.54) is 6.08 Å². The molecule has 4 rings (SSSR count). The summed E-state index contributed by atoms with van der Waals surface area (Å²) >= 11 is 2.21. The van der Waals surface area contributed by atoms with Gasteiger partial charge in [0.25, 0.3) is 0 Å². The fraction of sp³-hybridized carbons (Fsp3) is 0.0870. The van der Waals surface area contributed by atoms with Crippen molar-refractivity contribution in [1.82, 2.24) is 10.3 Å². The lowest BCUT2D eigenvalue weighted by Gasteiger charge is -2.08. The number of amides is 1. The Hall–Kier alpha value is -3.20. The van der Waals surface area contributed by atoms with Gasteiger partial charge in [-0.3, -0.25) is 14.8 Å². The molecule has 1 aromatic heterocycles. The molecule has 0 saturated heterocycles. The summed E-state index contributed by atoms with van der Waals surface area (Å²) in [4.78, 5) is 20.9. The highest BCUT2D eigenvalue weighted by molar-refractivity contribution is 14.1. The van der Waals surface area contributed by atoms with Crippen LogP contribution in [0.3, 0.4) is 0 Å². The molecule has 0 bridgehead atoms. The van der Waals surface area contributed by atoms with Crippen molar-refractivity contribution >= 4 is 46.1 Å². The number of aliphatic imine (C=N–C) groups is 1. The van der Waals surface area contributed by atoms with Crippen LogP contribution >= 0.6 is 22.6 Å². The minimum absolute atomic E-state index is 0.188. The first kappa shape index (κ1) is 20.1. The monoisotopic (exact) mass is 510 g/mol. The van der Waals surface area contributed by atoms with Gasteiger partial charge in [0.15, 0.2) is 0 Å². The van der Waals surface area contributed by atoms with Gasteiger partial charge in [-0.2, -0.15) is 0 Å². The van der Waals surface area contributed by atoms with Crippen molar-refractivity contribution in [3.05, 3.63) is 87.8 Å². The van der Waals surface area contributed by atoms with Crippen LogP contribution in [-0.4, -0.2) is 29.8 Å². The number of rotatable bonds is 6. The van der Waals surface area contributed by atoms with Gasteiger partial charge in [0.05, 0.1) is 6.54 Å². The van der Waals surface area contributed by atoms with Crippen LogP contribution < -0.4 is 15.4 Å². The van der Waals surface area contributed by atoms with Gasteiger partial charge in [-0.1, -0.05) is 18.2 Å². The van der Waals surface area contributed by atoms with Crippen molar-refractivity contribution in [2.24, 2.45) is 4.99 Å². The molecule has 0 unspecified atom stereocenters. The maximum Gasteiger partial charge on any atom is 0.248 e. The summed E-state index contributed by atoms with van der Waals surface area (Å²) in [6.45, 7) is 1.58. The first-order valence-corrected chi connectivity index (χ1v) is 10.5. The molecule has 0 radical (unpaired) electrons. The first-order chi connectivity index (χ1) is 14.7. The Morgan fingerprint density at radius 1 is 1.10 bits per heavy atom. The molecule has 6 nitrogen and oxygen atoms in total. The molecule has 0 spiro atoms. The Bertz CT molecular complexity index is 1130. The van der Waals surface area contributed by atoms with E-state index in [9.17, 15) is 4.79 Å². The van der Waals surface area contributed by atoms with Gasteiger partial charge in [0, 0.05) is 34.1 Å². The third-order valence-electron chi connectivity index (χ3n) is 4.26. The number of anilines is 1. The van der Waals surface area contributed by atoms with Crippen LogP contribution in [0.25, 0.3) is 6.08 Å². The van der Waals surface area contributed by atoms with Gasteiger partial charge in [0.1, 0.15) is 23.0 Å². The Morgan fingerprint density at radius 2 is 1.97 bits per heavy atom. The van der Waals surface area contributed by atoms with Crippen molar-refractivity contribution in [1.29, 1.82) is 0 Å². The maximum atomic E-state index is 12.2. The molecule has 150 valence electrons. The standard InChI is InChI=1S/C23H19IN4O2/c24-17-4-2-5-18(14-17)28-22(29)8-7-16-3-1-6-19(13-16)30-20-9-10-25-21(15-20)23-26-11-12-27-23/h1-10,13-15H,11-12H2,(H,26,27)(H,28,29). The van der Waals surface area contributed by atoms with Gasteiger partial charge in [-0.15, -0.1) is 0 Å². The SMILES string of the molecule is O=C(C=Cc1cccc(Oc2ccnc(C3=NCCN3)c2)c1)Nc1cccc(I)c1. The topological polar surface area (TPSA) is 75.6 Å². The summed E-state index contributed by atoms with van der Waals surface area (Å²) in [5.74, 6) is 1.95. The van der Waals surface area contributed by atoms with E-state index in [2.05, 4.69) is 43.2 Å². The summed E-state index contributed by atoms with van der Waals surface area (Å²) in [7, 11) is 0. The first-order valence-electron chi connectivity index (χ1n) is 9.43. The van der Waals surface area contributed by atoms with E-state index < -0.39 is 0 Å². The minimum Gasteiger partial charge on any atom is -0.457 e. The van der Waals surface area contributed by atoms with E-state index in [1.54, 1.807) is 18.3 Å². The van der Waals surface area contributed by atoms with E-state index in [-0.39, 0.29) is 5.91 Å². The number of aromatic nitrogens is 1. The number of halogens is 1. The zero-order valence-electron chi connectivity index (χ0n) is 16.0. The molecule has 1 aliphatic rings. The van der Waals surface area contributed by atoms with Crippen molar-refractivity contribution in [3.63, 3.8) is 0 Å². The lowest BCUT2D eigenvalue weighted by molar-refractivity contribution is -0.111. The van der Waals surface area contributed by atoms with E-state index in [0.717, 1.165) is 39.4 Å². The number of pyridine rings is 1. The van der Waals surface area contributed by atoms with E-state index in [4.69, 9.17) is 4.74 Å². The number of amidine groups is 1. The summed E-state index contributed by atoms with van der Waals surface area (Å²) in [6, 6.07) is 18.9. The maximum absolute atomic E-state index is 12.2. The molecule has 1 amide bonds. The van der Waals surface area contributed by atoms with Crippen molar-refractivity contribution in [2.45, 2.75) is 0 Å². The number of hydrogen-bond acceptors (Lipinski definition) is 5. The smallest absolute Gasteiger partial charge is 0.248 e.